The quantitative estimate of drug-likeness (QED) is 0.853. The van der Waals surface area contributed by atoms with Crippen LogP contribution in [0.2, 0.25) is 0 Å². The van der Waals surface area contributed by atoms with E-state index in [1.54, 1.807) is 6.92 Å². The van der Waals surface area contributed by atoms with Crippen molar-refractivity contribution in [2.45, 2.75) is 20.0 Å². The van der Waals surface area contributed by atoms with Crippen LogP contribution in [0, 0.1) is 6.92 Å². The molecule has 19 heavy (non-hydrogen) atoms. The average Bonchev–Trinajstić information content (AvgIpc) is 2.42. The highest BCUT2D eigenvalue weighted by Crippen LogP contribution is 2.28. The molecule has 0 heterocycles. The molecule has 2 nitrogen and oxygen atoms in total. The Kier molecular flexibility index (Phi) is 7.02. The Morgan fingerprint density at radius 3 is 2.11 bits per heavy atom. The molecule has 3 heteroatoms. The summed E-state index contributed by atoms with van der Waals surface area (Å²) in [4.78, 5) is 0. The Morgan fingerprint density at radius 2 is 1.53 bits per heavy atom. The third-order valence-corrected chi connectivity index (χ3v) is 3.24. The minimum atomic E-state index is -0.277. The summed E-state index contributed by atoms with van der Waals surface area (Å²) in [6.45, 7) is 4.03. The van der Waals surface area contributed by atoms with Crippen molar-refractivity contribution in [3.8, 4) is 11.1 Å². The van der Waals surface area contributed by atoms with Gasteiger partial charge in [-0.2, -0.15) is 0 Å². The van der Waals surface area contributed by atoms with Crippen molar-refractivity contribution in [2.75, 3.05) is 6.61 Å². The van der Waals surface area contributed by atoms with Crippen LogP contribution in [0.3, 0.4) is 0 Å². The zero-order valence-corrected chi connectivity index (χ0v) is 12.4. The van der Waals surface area contributed by atoms with Gasteiger partial charge in [0.05, 0.1) is 0 Å². The Hall–Kier alpha value is -1.50. The summed E-state index contributed by atoms with van der Waals surface area (Å²) in [5, 5.41) is 7.57. The van der Waals surface area contributed by atoms with Crippen LogP contribution in [0.4, 0.5) is 0 Å². The van der Waals surface area contributed by atoms with E-state index >= 15 is 0 Å². The van der Waals surface area contributed by atoms with Crippen molar-refractivity contribution >= 4 is 8.46 Å². The van der Waals surface area contributed by atoms with Gasteiger partial charge in [0, 0.05) is 12.2 Å². The highest BCUT2D eigenvalue weighted by molar-refractivity contribution is 7.22. The van der Waals surface area contributed by atoms with Crippen LogP contribution in [0.5, 0.6) is 0 Å². The summed E-state index contributed by atoms with van der Waals surface area (Å²) in [5.41, 5.74) is 4.84. The molecule has 1 unspecified atom stereocenters. The fourth-order valence-electron chi connectivity index (χ4n) is 1.89. The monoisotopic (exact) mass is 275 g/mol. The third kappa shape index (κ3) is 4.59. The molecule has 2 rings (SSSR count). The van der Waals surface area contributed by atoms with Crippen LogP contribution in [-0.2, 0) is 10.7 Å². The first-order chi connectivity index (χ1) is 9.24. The van der Waals surface area contributed by atoms with Crippen molar-refractivity contribution < 1.29 is 9.67 Å². The van der Waals surface area contributed by atoms with Gasteiger partial charge in [0.1, 0.15) is 0 Å². The number of aliphatic hydroxyl groups is 1. The van der Waals surface area contributed by atoms with E-state index in [0.717, 1.165) is 5.56 Å². The molecule has 0 aliphatic rings. The van der Waals surface area contributed by atoms with Gasteiger partial charge in [0.15, 0.2) is 6.16 Å². The molecular formula is C16H20O2P+. The van der Waals surface area contributed by atoms with E-state index in [9.17, 15) is 4.57 Å². The number of hydrogen-bond acceptors (Lipinski definition) is 2. The lowest BCUT2D eigenvalue weighted by atomic mass is 9.97. The second-order valence-electron chi connectivity index (χ2n) is 4.11. The number of benzene rings is 2. The molecule has 0 saturated heterocycles. The molecule has 2 aromatic rings. The van der Waals surface area contributed by atoms with Crippen molar-refractivity contribution in [3.63, 3.8) is 0 Å². The van der Waals surface area contributed by atoms with Crippen LogP contribution in [-0.4, -0.2) is 11.7 Å². The molecule has 0 bridgehead atoms. The van der Waals surface area contributed by atoms with Crippen LogP contribution < -0.4 is 0 Å². The zero-order valence-electron chi connectivity index (χ0n) is 11.4. The first-order valence-electron chi connectivity index (χ1n) is 6.34. The first-order valence-corrected chi connectivity index (χ1v) is 7.45. The lowest BCUT2D eigenvalue weighted by Gasteiger charge is -2.08. The Labute approximate surface area is 116 Å². The number of aryl methyl sites for hydroxylation is 1. The van der Waals surface area contributed by atoms with E-state index in [1.807, 2.05) is 30.3 Å². The van der Waals surface area contributed by atoms with Crippen molar-refractivity contribution in [1.82, 2.24) is 0 Å². The highest BCUT2D eigenvalue weighted by Gasteiger charge is 2.08. The van der Waals surface area contributed by atoms with Gasteiger partial charge in [-0.1, -0.05) is 53.1 Å². The number of aliphatic hydroxyl groups excluding tert-OH is 1. The van der Waals surface area contributed by atoms with Crippen molar-refractivity contribution in [3.05, 3.63) is 59.7 Å². The summed E-state index contributed by atoms with van der Waals surface area (Å²) < 4.78 is 10.8. The molecule has 0 fully saturated rings. The van der Waals surface area contributed by atoms with Gasteiger partial charge in [0.2, 0.25) is 0 Å². The largest absolute Gasteiger partial charge is 0.397 e. The van der Waals surface area contributed by atoms with Gasteiger partial charge in [-0.3, -0.25) is 0 Å². The smallest absolute Gasteiger partial charge is 0.329 e. The maximum atomic E-state index is 10.8. The summed E-state index contributed by atoms with van der Waals surface area (Å²) in [7, 11) is -0.277. The fraction of sp³-hybridized carbons (Fsp3) is 0.250. The molecule has 1 N–H and O–H groups in total. The molecule has 0 aromatic heterocycles. The highest BCUT2D eigenvalue weighted by atomic mass is 31.1. The molecule has 0 aliphatic carbocycles. The standard InChI is InChI=1S/C14H13OP.C2H6O/c1-11-6-2-4-8-13(11)14-9-5-3-7-12(14)10-16-15;1-2-3/h2-9H,10H2,1H3;3H,2H2,1H3/p+1. The van der Waals surface area contributed by atoms with Gasteiger partial charge >= 0.3 is 8.46 Å². The predicted octanol–water partition coefficient (Wildman–Crippen LogP) is 4.18. The van der Waals surface area contributed by atoms with Gasteiger partial charge < -0.3 is 5.11 Å². The summed E-state index contributed by atoms with van der Waals surface area (Å²) in [6, 6.07) is 16.5. The maximum Gasteiger partial charge on any atom is 0.329 e. The van der Waals surface area contributed by atoms with Crippen molar-refractivity contribution in [1.29, 1.82) is 0 Å². The molecule has 0 amide bonds. The van der Waals surface area contributed by atoms with Gasteiger partial charge in [0.25, 0.3) is 0 Å². The van der Waals surface area contributed by atoms with Crippen molar-refractivity contribution in [2.24, 2.45) is 0 Å². The number of hydrogen-bond donors (Lipinski definition) is 1. The minimum absolute atomic E-state index is 0.250. The Bertz CT molecular complexity index is 524. The van der Waals surface area contributed by atoms with E-state index in [4.69, 9.17) is 5.11 Å². The normalized spacial score (nSPS) is 9.84. The summed E-state index contributed by atoms with van der Waals surface area (Å²) >= 11 is 0. The second kappa shape index (κ2) is 8.58. The van der Waals surface area contributed by atoms with E-state index in [0.29, 0.717) is 6.16 Å². The molecule has 0 spiro atoms. The Balaban J connectivity index is 0.000000550. The van der Waals surface area contributed by atoms with E-state index in [-0.39, 0.29) is 15.1 Å². The van der Waals surface area contributed by atoms with Crippen LogP contribution >= 0.6 is 8.46 Å². The van der Waals surface area contributed by atoms with Crippen LogP contribution in [0.15, 0.2) is 48.5 Å². The maximum absolute atomic E-state index is 10.8. The molecule has 0 aliphatic heterocycles. The molecule has 1 atom stereocenters. The summed E-state index contributed by atoms with van der Waals surface area (Å²) in [5.74, 6) is 0. The molecule has 0 saturated carbocycles. The average molecular weight is 275 g/mol. The molecule has 2 aromatic carbocycles. The number of rotatable bonds is 3. The van der Waals surface area contributed by atoms with Gasteiger partial charge in [-0.05, 0) is 30.5 Å². The van der Waals surface area contributed by atoms with Gasteiger partial charge in [-0.15, -0.1) is 0 Å². The van der Waals surface area contributed by atoms with E-state index in [1.165, 1.54) is 16.7 Å². The fourth-order valence-corrected chi connectivity index (χ4v) is 2.35. The van der Waals surface area contributed by atoms with E-state index < -0.39 is 0 Å². The lowest BCUT2D eigenvalue weighted by Crippen LogP contribution is -1.88. The Morgan fingerprint density at radius 1 is 1.00 bits per heavy atom. The zero-order chi connectivity index (χ0) is 14.1. The molecule has 0 radical (unpaired) electrons. The molecular weight excluding hydrogens is 255 g/mol. The minimum Gasteiger partial charge on any atom is -0.397 e. The van der Waals surface area contributed by atoms with Crippen LogP contribution in [0.1, 0.15) is 18.1 Å². The lowest BCUT2D eigenvalue weighted by molar-refractivity contribution is 0.318. The van der Waals surface area contributed by atoms with Crippen LogP contribution in [0.25, 0.3) is 11.1 Å². The summed E-state index contributed by atoms with van der Waals surface area (Å²) in [6.07, 6.45) is 0.629. The predicted molar refractivity (Wildman–Crippen MR) is 82.1 cm³/mol. The first kappa shape index (κ1) is 15.6. The van der Waals surface area contributed by atoms with E-state index in [2.05, 4.69) is 25.1 Å². The molecule has 100 valence electrons. The second-order valence-corrected chi connectivity index (χ2v) is 4.75. The topological polar surface area (TPSA) is 37.3 Å². The third-order valence-electron chi connectivity index (χ3n) is 2.72. The SMILES string of the molecule is CCO.Cc1ccccc1-c1ccccc1C[PH+]=O. The van der Waals surface area contributed by atoms with Gasteiger partial charge in [-0.25, -0.2) is 0 Å².